The van der Waals surface area contributed by atoms with Crippen molar-refractivity contribution in [3.8, 4) is 22.3 Å². The highest BCUT2D eigenvalue weighted by Gasteiger charge is 2.10. The van der Waals surface area contributed by atoms with Crippen molar-refractivity contribution >= 4 is 16.8 Å². The Morgan fingerprint density at radius 3 is 2.67 bits per heavy atom. The van der Waals surface area contributed by atoms with Crippen molar-refractivity contribution in [3.05, 3.63) is 73.6 Å². The fourth-order valence-electron chi connectivity index (χ4n) is 2.99. The molecule has 5 aromatic rings. The summed E-state index contributed by atoms with van der Waals surface area (Å²) in [5.74, 6) is 0.696. The van der Waals surface area contributed by atoms with E-state index in [1.165, 1.54) is 0 Å². The molecule has 4 heterocycles. The van der Waals surface area contributed by atoms with E-state index >= 15 is 0 Å². The van der Waals surface area contributed by atoms with Gasteiger partial charge in [0, 0.05) is 59.3 Å². The number of rotatable bonds is 2. The summed E-state index contributed by atoms with van der Waals surface area (Å²) < 4.78 is 1.92. The van der Waals surface area contributed by atoms with Gasteiger partial charge in [-0.15, -0.1) is 0 Å². The molecule has 5 heteroatoms. The first-order chi connectivity index (χ1) is 11.9. The maximum atomic E-state index is 4.56. The summed E-state index contributed by atoms with van der Waals surface area (Å²) in [4.78, 5) is 16.4. The van der Waals surface area contributed by atoms with Crippen molar-refractivity contribution in [2.45, 2.75) is 0 Å². The van der Waals surface area contributed by atoms with Crippen molar-refractivity contribution in [3.63, 3.8) is 0 Å². The molecule has 0 radical (unpaired) electrons. The van der Waals surface area contributed by atoms with E-state index in [0.29, 0.717) is 5.78 Å². The molecule has 0 aliphatic rings. The van der Waals surface area contributed by atoms with Crippen LogP contribution in [0.5, 0.6) is 0 Å². The molecule has 0 spiro atoms. The Labute approximate surface area is 137 Å². The molecule has 4 aromatic heterocycles. The third-order valence-electron chi connectivity index (χ3n) is 4.19. The summed E-state index contributed by atoms with van der Waals surface area (Å²) in [6.07, 6.45) is 11.4. The zero-order valence-corrected chi connectivity index (χ0v) is 12.7. The topological polar surface area (TPSA) is 58.9 Å². The summed E-state index contributed by atoms with van der Waals surface area (Å²) in [6.45, 7) is 0. The maximum absolute atomic E-state index is 4.56. The predicted molar refractivity (Wildman–Crippen MR) is 93.5 cm³/mol. The average Bonchev–Trinajstić information content (AvgIpc) is 3.27. The number of nitrogens with zero attached hydrogens (tertiary/aromatic N) is 4. The minimum atomic E-state index is 0.696. The molecule has 1 N–H and O–H groups in total. The van der Waals surface area contributed by atoms with E-state index in [1.807, 2.05) is 53.6 Å². The standard InChI is InChI=1S/C19H13N5/c1-2-4-13(5-3-1)14-8-16-17(11-22-18(16)21-9-14)15-10-23-19-20-6-7-24(19)12-15/h1-12H,(H,21,22). The Hall–Kier alpha value is -3.47. The van der Waals surface area contributed by atoms with Crippen LogP contribution in [0.3, 0.4) is 0 Å². The SMILES string of the molecule is c1ccc(-c2cnc3[nH]cc(-c4cnc5nccn5c4)c3c2)cc1. The summed E-state index contributed by atoms with van der Waals surface area (Å²) in [5, 5.41) is 1.08. The first-order valence-corrected chi connectivity index (χ1v) is 7.70. The zero-order valence-electron chi connectivity index (χ0n) is 12.7. The molecule has 0 saturated heterocycles. The Kier molecular flexibility index (Phi) is 2.72. The number of hydrogen-bond donors (Lipinski definition) is 1. The Balaban J connectivity index is 1.71. The number of H-pyrrole nitrogens is 1. The van der Waals surface area contributed by atoms with Gasteiger partial charge < -0.3 is 4.98 Å². The average molecular weight is 311 g/mol. The Bertz CT molecular complexity index is 1150. The van der Waals surface area contributed by atoms with Crippen LogP contribution in [-0.2, 0) is 0 Å². The van der Waals surface area contributed by atoms with Gasteiger partial charge in [0.05, 0.1) is 0 Å². The van der Waals surface area contributed by atoms with Crippen LogP contribution in [0, 0.1) is 0 Å². The van der Waals surface area contributed by atoms with Crippen LogP contribution in [0.15, 0.2) is 73.6 Å². The lowest BCUT2D eigenvalue weighted by Gasteiger charge is -2.03. The summed E-state index contributed by atoms with van der Waals surface area (Å²) in [6, 6.07) is 12.4. The lowest BCUT2D eigenvalue weighted by molar-refractivity contribution is 1.11. The molecule has 0 atom stereocenters. The van der Waals surface area contributed by atoms with E-state index in [1.54, 1.807) is 6.20 Å². The molecule has 0 aliphatic heterocycles. The Morgan fingerprint density at radius 1 is 0.875 bits per heavy atom. The lowest BCUT2D eigenvalue weighted by atomic mass is 10.0. The highest BCUT2D eigenvalue weighted by Crippen LogP contribution is 2.30. The predicted octanol–water partition coefficient (Wildman–Crippen LogP) is 3.94. The first-order valence-electron chi connectivity index (χ1n) is 7.70. The number of fused-ring (bicyclic) bond motifs is 2. The number of benzene rings is 1. The normalized spacial score (nSPS) is 11.3. The Morgan fingerprint density at radius 2 is 1.75 bits per heavy atom. The molecule has 0 amide bonds. The molecule has 0 aliphatic carbocycles. The van der Waals surface area contributed by atoms with Gasteiger partial charge in [0.25, 0.3) is 0 Å². The van der Waals surface area contributed by atoms with Crippen molar-refractivity contribution in [1.82, 2.24) is 24.3 Å². The third kappa shape index (κ3) is 1.99. The van der Waals surface area contributed by atoms with Crippen molar-refractivity contribution in [1.29, 1.82) is 0 Å². The van der Waals surface area contributed by atoms with Crippen molar-refractivity contribution < 1.29 is 0 Å². The van der Waals surface area contributed by atoms with Gasteiger partial charge in [-0.2, -0.15) is 0 Å². The van der Waals surface area contributed by atoms with E-state index in [2.05, 4.69) is 38.1 Å². The molecule has 1 aromatic carbocycles. The van der Waals surface area contributed by atoms with Gasteiger partial charge in [0.15, 0.2) is 0 Å². The monoisotopic (exact) mass is 311 g/mol. The van der Waals surface area contributed by atoms with Crippen LogP contribution in [0.25, 0.3) is 39.1 Å². The highest BCUT2D eigenvalue weighted by molar-refractivity contribution is 5.95. The number of hydrogen-bond acceptors (Lipinski definition) is 3. The molecule has 5 nitrogen and oxygen atoms in total. The minimum Gasteiger partial charge on any atom is -0.346 e. The maximum Gasteiger partial charge on any atom is 0.233 e. The molecule has 114 valence electrons. The van der Waals surface area contributed by atoms with Gasteiger partial charge in [-0.3, -0.25) is 4.40 Å². The smallest absolute Gasteiger partial charge is 0.233 e. The number of pyridine rings is 1. The molecule has 0 fully saturated rings. The van der Waals surface area contributed by atoms with Gasteiger partial charge in [0.2, 0.25) is 5.78 Å². The third-order valence-corrected chi connectivity index (χ3v) is 4.19. The molecule has 0 unspecified atom stereocenters. The number of aromatic nitrogens is 5. The van der Waals surface area contributed by atoms with Crippen molar-refractivity contribution in [2.24, 2.45) is 0 Å². The molecule has 5 rings (SSSR count). The van der Waals surface area contributed by atoms with Crippen LogP contribution in [-0.4, -0.2) is 24.3 Å². The van der Waals surface area contributed by atoms with E-state index < -0.39 is 0 Å². The molecule has 24 heavy (non-hydrogen) atoms. The van der Waals surface area contributed by atoms with Crippen LogP contribution >= 0.6 is 0 Å². The van der Waals surface area contributed by atoms with Gasteiger partial charge in [0.1, 0.15) is 5.65 Å². The highest BCUT2D eigenvalue weighted by atomic mass is 15.1. The fraction of sp³-hybridized carbons (Fsp3) is 0. The summed E-state index contributed by atoms with van der Waals surface area (Å²) in [7, 11) is 0. The molecular weight excluding hydrogens is 298 g/mol. The van der Waals surface area contributed by atoms with Gasteiger partial charge >= 0.3 is 0 Å². The second-order valence-corrected chi connectivity index (χ2v) is 5.67. The van der Waals surface area contributed by atoms with Crippen LogP contribution in [0.2, 0.25) is 0 Å². The quantitative estimate of drug-likeness (QED) is 0.537. The first kappa shape index (κ1) is 13.0. The second-order valence-electron chi connectivity index (χ2n) is 5.67. The van der Waals surface area contributed by atoms with Crippen LogP contribution in [0.1, 0.15) is 0 Å². The fourth-order valence-corrected chi connectivity index (χ4v) is 2.99. The molecular formula is C19H13N5. The molecule has 0 bridgehead atoms. The van der Waals surface area contributed by atoms with E-state index in [-0.39, 0.29) is 0 Å². The van der Waals surface area contributed by atoms with Gasteiger partial charge in [-0.25, -0.2) is 15.0 Å². The largest absolute Gasteiger partial charge is 0.346 e. The summed E-state index contributed by atoms with van der Waals surface area (Å²) >= 11 is 0. The summed E-state index contributed by atoms with van der Waals surface area (Å²) in [5.41, 5.74) is 5.23. The second kappa shape index (κ2) is 5.03. The number of aromatic amines is 1. The van der Waals surface area contributed by atoms with E-state index in [9.17, 15) is 0 Å². The minimum absolute atomic E-state index is 0.696. The van der Waals surface area contributed by atoms with Gasteiger partial charge in [-0.05, 0) is 11.6 Å². The van der Waals surface area contributed by atoms with E-state index in [4.69, 9.17) is 0 Å². The van der Waals surface area contributed by atoms with Crippen LogP contribution < -0.4 is 0 Å². The lowest BCUT2D eigenvalue weighted by Crippen LogP contribution is -1.89. The van der Waals surface area contributed by atoms with E-state index in [0.717, 1.165) is 33.3 Å². The molecule has 0 saturated carbocycles. The zero-order chi connectivity index (χ0) is 15.9. The van der Waals surface area contributed by atoms with Crippen molar-refractivity contribution in [2.75, 3.05) is 0 Å². The number of imidazole rings is 1. The van der Waals surface area contributed by atoms with Crippen LogP contribution in [0.4, 0.5) is 0 Å². The number of nitrogens with one attached hydrogen (secondary N) is 1. The van der Waals surface area contributed by atoms with Gasteiger partial charge in [-0.1, -0.05) is 30.3 Å².